The Morgan fingerprint density at radius 2 is 1.57 bits per heavy atom. The minimum atomic E-state index is -0.848. The molecule has 4 nitrogen and oxygen atoms in total. The summed E-state index contributed by atoms with van der Waals surface area (Å²) >= 11 is 6.44. The molecule has 1 N–H and O–H groups in total. The summed E-state index contributed by atoms with van der Waals surface area (Å²) in [5, 5.41) is 9.87. The predicted octanol–water partition coefficient (Wildman–Crippen LogP) is 3.73. The van der Waals surface area contributed by atoms with Crippen LogP contribution in [0.25, 0.3) is 0 Å². The molecule has 1 aliphatic rings. The van der Waals surface area contributed by atoms with Gasteiger partial charge >= 0.3 is 6.09 Å². The van der Waals surface area contributed by atoms with Crippen molar-refractivity contribution in [2.45, 2.75) is 6.04 Å². The smallest absolute Gasteiger partial charge is 0.407 e. The van der Waals surface area contributed by atoms with Gasteiger partial charge in [0.15, 0.2) is 0 Å². The third-order valence-electron chi connectivity index (χ3n) is 4.27. The standard InChI is InChI=1S/C18H19ClN2O2/c19-16-9-5-4-8-15(16)17(14-6-2-1-3-7-14)20-10-12-21(13-11-20)18(22)23/h1-9,17H,10-13H2,(H,22,23). The second-order valence-corrected chi connectivity index (χ2v) is 6.05. The molecule has 1 unspecified atom stereocenters. The average Bonchev–Trinajstić information content (AvgIpc) is 2.58. The number of hydrogen-bond acceptors (Lipinski definition) is 2. The van der Waals surface area contributed by atoms with E-state index >= 15 is 0 Å². The van der Waals surface area contributed by atoms with Crippen molar-refractivity contribution in [3.63, 3.8) is 0 Å². The molecule has 1 heterocycles. The first kappa shape index (κ1) is 15.8. The Balaban J connectivity index is 1.91. The van der Waals surface area contributed by atoms with E-state index in [4.69, 9.17) is 16.7 Å². The molecule has 1 amide bonds. The molecule has 0 aromatic heterocycles. The zero-order valence-electron chi connectivity index (χ0n) is 12.7. The van der Waals surface area contributed by atoms with Crippen LogP contribution in [-0.4, -0.2) is 47.2 Å². The first-order chi connectivity index (χ1) is 11.2. The summed E-state index contributed by atoms with van der Waals surface area (Å²) in [6.07, 6.45) is -0.848. The van der Waals surface area contributed by atoms with Crippen molar-refractivity contribution in [2.75, 3.05) is 26.2 Å². The molecule has 0 bridgehead atoms. The van der Waals surface area contributed by atoms with E-state index in [-0.39, 0.29) is 6.04 Å². The number of amides is 1. The summed E-state index contributed by atoms with van der Waals surface area (Å²) in [4.78, 5) is 14.9. The number of halogens is 1. The highest BCUT2D eigenvalue weighted by Crippen LogP contribution is 2.33. The molecule has 2 aromatic rings. The quantitative estimate of drug-likeness (QED) is 0.932. The number of carboxylic acid groups (broad SMARTS) is 1. The van der Waals surface area contributed by atoms with Gasteiger partial charge in [0.2, 0.25) is 0 Å². The molecule has 2 aromatic carbocycles. The molecule has 1 aliphatic heterocycles. The van der Waals surface area contributed by atoms with Crippen molar-refractivity contribution >= 4 is 17.7 Å². The molecule has 1 saturated heterocycles. The lowest BCUT2D eigenvalue weighted by Gasteiger charge is -2.39. The molecule has 5 heteroatoms. The monoisotopic (exact) mass is 330 g/mol. The van der Waals surface area contributed by atoms with Gasteiger partial charge in [-0.1, -0.05) is 60.1 Å². The molecule has 3 rings (SSSR count). The van der Waals surface area contributed by atoms with Gasteiger partial charge in [-0.2, -0.15) is 0 Å². The Labute approximate surface area is 140 Å². The molecular weight excluding hydrogens is 312 g/mol. The topological polar surface area (TPSA) is 43.8 Å². The Kier molecular flexibility index (Phi) is 4.84. The van der Waals surface area contributed by atoms with E-state index in [1.54, 1.807) is 0 Å². The van der Waals surface area contributed by atoms with Gasteiger partial charge < -0.3 is 10.0 Å². The highest BCUT2D eigenvalue weighted by atomic mass is 35.5. The molecule has 0 radical (unpaired) electrons. The average molecular weight is 331 g/mol. The normalized spacial score (nSPS) is 17.0. The van der Waals surface area contributed by atoms with Crippen molar-refractivity contribution in [1.82, 2.24) is 9.80 Å². The van der Waals surface area contributed by atoms with Crippen molar-refractivity contribution in [3.05, 3.63) is 70.7 Å². The number of rotatable bonds is 3. The van der Waals surface area contributed by atoms with Gasteiger partial charge in [0.05, 0.1) is 6.04 Å². The predicted molar refractivity (Wildman–Crippen MR) is 90.9 cm³/mol. The maximum Gasteiger partial charge on any atom is 0.407 e. The van der Waals surface area contributed by atoms with Gasteiger partial charge in [-0.15, -0.1) is 0 Å². The Hall–Kier alpha value is -2.04. The van der Waals surface area contributed by atoms with Gasteiger partial charge in [0.1, 0.15) is 0 Å². The second-order valence-electron chi connectivity index (χ2n) is 5.64. The van der Waals surface area contributed by atoms with E-state index in [0.717, 1.165) is 10.6 Å². The van der Waals surface area contributed by atoms with Crippen LogP contribution in [0.15, 0.2) is 54.6 Å². The van der Waals surface area contributed by atoms with E-state index in [2.05, 4.69) is 17.0 Å². The Morgan fingerprint density at radius 1 is 0.957 bits per heavy atom. The van der Waals surface area contributed by atoms with Crippen LogP contribution >= 0.6 is 11.6 Å². The van der Waals surface area contributed by atoms with Gasteiger partial charge in [0.25, 0.3) is 0 Å². The Bertz CT molecular complexity index is 670. The van der Waals surface area contributed by atoms with Crippen LogP contribution in [0.1, 0.15) is 17.2 Å². The van der Waals surface area contributed by atoms with E-state index in [0.29, 0.717) is 26.2 Å². The highest BCUT2D eigenvalue weighted by Gasteiger charge is 2.28. The van der Waals surface area contributed by atoms with Crippen LogP contribution in [0.5, 0.6) is 0 Å². The lowest BCUT2D eigenvalue weighted by Crippen LogP contribution is -2.49. The first-order valence-corrected chi connectivity index (χ1v) is 8.06. The Morgan fingerprint density at radius 3 is 2.17 bits per heavy atom. The summed E-state index contributed by atoms with van der Waals surface area (Å²) in [7, 11) is 0. The molecule has 120 valence electrons. The summed E-state index contributed by atoms with van der Waals surface area (Å²) in [5.74, 6) is 0. The maximum absolute atomic E-state index is 11.1. The van der Waals surface area contributed by atoms with Crippen LogP contribution in [0.3, 0.4) is 0 Å². The zero-order valence-corrected chi connectivity index (χ0v) is 13.5. The largest absolute Gasteiger partial charge is 0.465 e. The van der Waals surface area contributed by atoms with Crippen LogP contribution in [0, 0.1) is 0 Å². The lowest BCUT2D eigenvalue weighted by molar-refractivity contribution is 0.0932. The molecule has 0 spiro atoms. The SMILES string of the molecule is O=C(O)N1CCN(C(c2ccccc2)c2ccccc2Cl)CC1. The van der Waals surface area contributed by atoms with E-state index < -0.39 is 6.09 Å². The van der Waals surface area contributed by atoms with Crippen molar-refractivity contribution < 1.29 is 9.90 Å². The second kappa shape index (κ2) is 7.02. The number of nitrogens with zero attached hydrogens (tertiary/aromatic N) is 2. The fourth-order valence-electron chi connectivity index (χ4n) is 3.09. The molecule has 0 aliphatic carbocycles. The van der Waals surface area contributed by atoms with Crippen molar-refractivity contribution in [1.29, 1.82) is 0 Å². The van der Waals surface area contributed by atoms with Crippen LogP contribution in [-0.2, 0) is 0 Å². The van der Waals surface area contributed by atoms with E-state index in [9.17, 15) is 4.79 Å². The van der Waals surface area contributed by atoms with Gasteiger partial charge in [-0.3, -0.25) is 4.90 Å². The summed E-state index contributed by atoms with van der Waals surface area (Å²) < 4.78 is 0. The number of piperazine rings is 1. The van der Waals surface area contributed by atoms with Crippen LogP contribution < -0.4 is 0 Å². The molecule has 1 fully saturated rings. The lowest BCUT2D eigenvalue weighted by atomic mass is 9.96. The maximum atomic E-state index is 11.1. The van der Waals surface area contributed by atoms with Gasteiger partial charge in [-0.05, 0) is 17.2 Å². The molecular formula is C18H19ClN2O2. The molecule has 0 saturated carbocycles. The van der Waals surface area contributed by atoms with Gasteiger partial charge in [0, 0.05) is 31.2 Å². The first-order valence-electron chi connectivity index (χ1n) is 7.68. The third kappa shape index (κ3) is 3.49. The van der Waals surface area contributed by atoms with Crippen LogP contribution in [0.2, 0.25) is 5.02 Å². The number of carbonyl (C=O) groups is 1. The van der Waals surface area contributed by atoms with Gasteiger partial charge in [-0.25, -0.2) is 4.79 Å². The van der Waals surface area contributed by atoms with E-state index in [1.165, 1.54) is 10.5 Å². The van der Waals surface area contributed by atoms with E-state index in [1.807, 2.05) is 42.5 Å². The minimum Gasteiger partial charge on any atom is -0.465 e. The zero-order chi connectivity index (χ0) is 16.2. The summed E-state index contributed by atoms with van der Waals surface area (Å²) in [5.41, 5.74) is 2.23. The third-order valence-corrected chi connectivity index (χ3v) is 4.61. The minimum absolute atomic E-state index is 0.0424. The fourth-order valence-corrected chi connectivity index (χ4v) is 3.33. The van der Waals surface area contributed by atoms with Crippen LogP contribution in [0.4, 0.5) is 4.79 Å². The summed E-state index contributed by atoms with van der Waals surface area (Å²) in [6, 6.07) is 18.1. The fraction of sp³-hybridized carbons (Fsp3) is 0.278. The van der Waals surface area contributed by atoms with Crippen molar-refractivity contribution in [3.8, 4) is 0 Å². The number of benzene rings is 2. The summed E-state index contributed by atoms with van der Waals surface area (Å²) in [6.45, 7) is 2.42. The van der Waals surface area contributed by atoms with Crippen molar-refractivity contribution in [2.24, 2.45) is 0 Å². The molecule has 23 heavy (non-hydrogen) atoms. The number of hydrogen-bond donors (Lipinski definition) is 1. The highest BCUT2D eigenvalue weighted by molar-refractivity contribution is 6.31. The molecule has 1 atom stereocenters.